The van der Waals surface area contributed by atoms with Gasteiger partial charge in [0.2, 0.25) is 0 Å². The number of ether oxygens (including phenoxy) is 1. The van der Waals surface area contributed by atoms with Crippen LogP contribution in [0.15, 0.2) is 72.8 Å². The van der Waals surface area contributed by atoms with Crippen LogP contribution in [-0.4, -0.2) is 44.2 Å². The fourth-order valence-electron chi connectivity index (χ4n) is 3.69. The molecule has 1 aliphatic heterocycles. The number of carbonyl (C=O) groups is 1. The highest BCUT2D eigenvalue weighted by Crippen LogP contribution is 2.25. The van der Waals surface area contributed by atoms with Gasteiger partial charge in [-0.1, -0.05) is 0 Å². The highest BCUT2D eigenvalue weighted by molar-refractivity contribution is 5.99. The average molecular weight is 435 g/mol. The summed E-state index contributed by atoms with van der Waals surface area (Å²) in [5.74, 6) is 0.822. The predicted molar refractivity (Wildman–Crippen MR) is 126 cm³/mol. The Labute approximate surface area is 187 Å². The third-order valence-electron chi connectivity index (χ3n) is 5.55. The quantitative estimate of drug-likeness (QED) is 0.545. The van der Waals surface area contributed by atoms with Crippen LogP contribution in [0.1, 0.15) is 6.42 Å². The lowest BCUT2D eigenvalue weighted by Crippen LogP contribution is -2.31. The molecular weight excluding hydrogens is 407 g/mol. The second-order valence-electron chi connectivity index (χ2n) is 8.06. The van der Waals surface area contributed by atoms with Crippen LogP contribution < -0.4 is 20.3 Å². The summed E-state index contributed by atoms with van der Waals surface area (Å²) in [4.78, 5) is 17.0. The average Bonchev–Trinajstić information content (AvgIpc) is 3.28. The smallest absolute Gasteiger partial charge is 0.323 e. The van der Waals surface area contributed by atoms with Crippen LogP contribution in [-0.2, 0) is 0 Å². The van der Waals surface area contributed by atoms with Crippen molar-refractivity contribution in [3.05, 3.63) is 78.6 Å². The van der Waals surface area contributed by atoms with Crippen molar-refractivity contribution in [3.63, 3.8) is 0 Å². The monoisotopic (exact) mass is 434 g/mol. The van der Waals surface area contributed by atoms with Gasteiger partial charge in [0, 0.05) is 36.2 Å². The molecule has 1 heterocycles. The van der Waals surface area contributed by atoms with Crippen molar-refractivity contribution in [2.45, 2.75) is 12.5 Å². The molecular formula is C25H27FN4O2. The topological polar surface area (TPSA) is 56.8 Å². The molecule has 0 aliphatic carbocycles. The number of benzene rings is 3. The van der Waals surface area contributed by atoms with Gasteiger partial charge in [0.25, 0.3) is 0 Å². The molecule has 7 heteroatoms. The SMILES string of the molecule is CN(C)C1CCN(c2ccc(NC(=O)Nc3ccc(Oc4ccc(F)cc4)cc3)cc2)C1. The van der Waals surface area contributed by atoms with Crippen LogP contribution in [0.25, 0.3) is 0 Å². The Bertz CT molecular complexity index is 1040. The first-order valence-electron chi connectivity index (χ1n) is 10.6. The van der Waals surface area contributed by atoms with E-state index in [1.54, 1.807) is 36.4 Å². The van der Waals surface area contributed by atoms with Crippen molar-refractivity contribution < 1.29 is 13.9 Å². The van der Waals surface area contributed by atoms with Gasteiger partial charge < -0.3 is 25.2 Å². The largest absolute Gasteiger partial charge is 0.457 e. The Morgan fingerprint density at radius 2 is 1.44 bits per heavy atom. The first-order chi connectivity index (χ1) is 15.5. The van der Waals surface area contributed by atoms with Crippen LogP contribution in [0.4, 0.5) is 26.2 Å². The van der Waals surface area contributed by atoms with Crippen molar-refractivity contribution in [1.29, 1.82) is 0 Å². The number of hydrogen-bond donors (Lipinski definition) is 2. The van der Waals surface area contributed by atoms with E-state index < -0.39 is 0 Å². The molecule has 4 rings (SSSR count). The summed E-state index contributed by atoms with van der Waals surface area (Å²) in [5.41, 5.74) is 2.53. The number of amides is 2. The van der Waals surface area contributed by atoms with E-state index in [2.05, 4.69) is 34.5 Å². The van der Waals surface area contributed by atoms with Gasteiger partial charge in [0.1, 0.15) is 17.3 Å². The van der Waals surface area contributed by atoms with E-state index in [1.165, 1.54) is 12.1 Å². The number of hydrogen-bond acceptors (Lipinski definition) is 4. The molecule has 0 radical (unpaired) electrons. The Kier molecular flexibility index (Phi) is 6.56. The highest BCUT2D eigenvalue weighted by atomic mass is 19.1. The third kappa shape index (κ3) is 5.56. The normalized spacial score (nSPS) is 15.6. The maximum Gasteiger partial charge on any atom is 0.323 e. The lowest BCUT2D eigenvalue weighted by atomic mass is 10.2. The molecule has 166 valence electrons. The molecule has 1 unspecified atom stereocenters. The molecule has 3 aromatic rings. The lowest BCUT2D eigenvalue weighted by molar-refractivity contribution is 0.262. The summed E-state index contributed by atoms with van der Waals surface area (Å²) in [5, 5.41) is 5.66. The van der Waals surface area contributed by atoms with E-state index in [4.69, 9.17) is 4.74 Å². The van der Waals surface area contributed by atoms with Gasteiger partial charge in [0.15, 0.2) is 0 Å². The lowest BCUT2D eigenvalue weighted by Gasteiger charge is -2.22. The number of nitrogens with one attached hydrogen (secondary N) is 2. The third-order valence-corrected chi connectivity index (χ3v) is 5.55. The van der Waals surface area contributed by atoms with Gasteiger partial charge in [-0.25, -0.2) is 9.18 Å². The number of likely N-dealkylation sites (N-methyl/N-ethyl adjacent to an activating group) is 1. The van der Waals surface area contributed by atoms with Gasteiger partial charge in [-0.05, 0) is 93.3 Å². The molecule has 1 saturated heterocycles. The molecule has 1 aliphatic rings. The first-order valence-corrected chi connectivity index (χ1v) is 10.6. The first kappa shape index (κ1) is 21.6. The second kappa shape index (κ2) is 9.70. The van der Waals surface area contributed by atoms with Gasteiger partial charge in [-0.15, -0.1) is 0 Å². The summed E-state index contributed by atoms with van der Waals surface area (Å²) in [6.07, 6.45) is 1.16. The van der Waals surface area contributed by atoms with Gasteiger partial charge >= 0.3 is 6.03 Å². The molecule has 0 spiro atoms. The minimum Gasteiger partial charge on any atom is -0.457 e. The molecule has 2 amide bonds. The number of halogens is 1. The van der Waals surface area contributed by atoms with E-state index >= 15 is 0 Å². The summed E-state index contributed by atoms with van der Waals surface area (Å²) < 4.78 is 18.6. The van der Waals surface area contributed by atoms with Crippen molar-refractivity contribution >= 4 is 23.1 Å². The zero-order chi connectivity index (χ0) is 22.5. The number of urea groups is 1. The molecule has 2 N–H and O–H groups in total. The maximum atomic E-state index is 13.0. The number of rotatable bonds is 6. The minimum absolute atomic E-state index is 0.313. The zero-order valence-electron chi connectivity index (χ0n) is 18.2. The molecule has 0 bridgehead atoms. The van der Waals surface area contributed by atoms with Gasteiger partial charge in [-0.3, -0.25) is 0 Å². The Morgan fingerprint density at radius 3 is 1.97 bits per heavy atom. The Balaban J connectivity index is 1.28. The molecule has 0 saturated carbocycles. The summed E-state index contributed by atoms with van der Waals surface area (Å²) in [6.45, 7) is 2.05. The van der Waals surface area contributed by atoms with Crippen molar-refractivity contribution in [1.82, 2.24) is 4.90 Å². The molecule has 1 atom stereocenters. The van der Waals surface area contributed by atoms with E-state index in [1.807, 2.05) is 24.3 Å². The van der Waals surface area contributed by atoms with Crippen LogP contribution in [0, 0.1) is 5.82 Å². The summed E-state index contributed by atoms with van der Waals surface area (Å²) in [6, 6.07) is 20.9. The minimum atomic E-state index is -0.321. The summed E-state index contributed by atoms with van der Waals surface area (Å²) >= 11 is 0. The highest BCUT2D eigenvalue weighted by Gasteiger charge is 2.23. The maximum absolute atomic E-state index is 13.0. The van der Waals surface area contributed by atoms with E-state index in [9.17, 15) is 9.18 Å². The van der Waals surface area contributed by atoms with Crippen LogP contribution in [0.3, 0.4) is 0 Å². The summed E-state index contributed by atoms with van der Waals surface area (Å²) in [7, 11) is 4.23. The van der Waals surface area contributed by atoms with E-state index in [0.717, 1.165) is 30.9 Å². The van der Waals surface area contributed by atoms with E-state index in [0.29, 0.717) is 23.2 Å². The number of carbonyl (C=O) groups excluding carboxylic acids is 1. The molecule has 6 nitrogen and oxygen atoms in total. The zero-order valence-corrected chi connectivity index (χ0v) is 18.2. The van der Waals surface area contributed by atoms with Crippen molar-refractivity contribution in [2.75, 3.05) is 42.7 Å². The van der Waals surface area contributed by atoms with Crippen LogP contribution in [0.5, 0.6) is 11.5 Å². The van der Waals surface area contributed by atoms with Crippen molar-refractivity contribution in [3.8, 4) is 11.5 Å². The van der Waals surface area contributed by atoms with Gasteiger partial charge in [-0.2, -0.15) is 0 Å². The fraction of sp³-hybridized carbons (Fsp3) is 0.240. The number of nitrogens with zero attached hydrogens (tertiary/aromatic N) is 2. The van der Waals surface area contributed by atoms with Crippen LogP contribution >= 0.6 is 0 Å². The van der Waals surface area contributed by atoms with E-state index in [-0.39, 0.29) is 11.8 Å². The Hall–Kier alpha value is -3.58. The fourth-order valence-corrected chi connectivity index (χ4v) is 3.69. The molecule has 1 fully saturated rings. The Morgan fingerprint density at radius 1 is 0.906 bits per heavy atom. The number of anilines is 3. The molecule has 32 heavy (non-hydrogen) atoms. The molecule has 0 aromatic heterocycles. The van der Waals surface area contributed by atoms with Crippen molar-refractivity contribution in [2.24, 2.45) is 0 Å². The predicted octanol–water partition coefficient (Wildman–Crippen LogP) is 5.40. The second-order valence-corrected chi connectivity index (χ2v) is 8.06. The molecule has 3 aromatic carbocycles. The van der Waals surface area contributed by atoms with Crippen LogP contribution in [0.2, 0.25) is 0 Å². The van der Waals surface area contributed by atoms with Gasteiger partial charge in [0.05, 0.1) is 0 Å². The standard InChI is InChI=1S/C25H27FN4O2/c1-29(2)22-15-16-30(17-22)21-9-5-19(6-10-21)27-25(31)28-20-7-13-24(14-8-20)32-23-11-3-18(26)4-12-23/h3-14,22H,15-17H2,1-2H3,(H2,27,28,31).